The first-order valence-corrected chi connectivity index (χ1v) is 13.8. The summed E-state index contributed by atoms with van der Waals surface area (Å²) in [6.45, 7) is 3.64. The molecule has 4 aromatic rings. The maximum atomic E-state index is 14.1. The molecule has 4 heterocycles. The molecule has 2 amide bonds. The Kier molecular flexibility index (Phi) is 7.07. The summed E-state index contributed by atoms with van der Waals surface area (Å²) < 4.78 is 18.6. The van der Waals surface area contributed by atoms with Crippen molar-refractivity contribution in [2.75, 3.05) is 55.9 Å². The third kappa shape index (κ3) is 4.77. The minimum absolute atomic E-state index is 0.260. The highest BCUT2D eigenvalue weighted by Gasteiger charge is 2.40. The van der Waals surface area contributed by atoms with Gasteiger partial charge >= 0.3 is 0 Å². The average Bonchev–Trinajstić information content (AvgIpc) is 3.42. The molecule has 0 spiro atoms. The van der Waals surface area contributed by atoms with Crippen LogP contribution in [-0.2, 0) is 9.53 Å². The molecule has 2 aliphatic rings. The predicted molar refractivity (Wildman–Crippen MR) is 155 cm³/mol. The number of pyridine rings is 1. The SMILES string of the molecule is COc1ccc(NC(=O)[C@H]2NN(c3nc4ccccc4s3)C(=O)c3c2cc(=O)n(N2CCOCC2)c3C)c(OC)c1. The lowest BCUT2D eigenvalue weighted by molar-refractivity contribution is -0.118. The molecule has 0 bridgehead atoms. The van der Waals surface area contributed by atoms with Gasteiger partial charge in [-0.3, -0.25) is 14.4 Å². The smallest absolute Gasteiger partial charge is 0.276 e. The minimum atomic E-state index is -1.09. The number of hydrazine groups is 1. The van der Waals surface area contributed by atoms with Gasteiger partial charge in [0.2, 0.25) is 11.0 Å². The van der Waals surface area contributed by atoms with Crippen LogP contribution in [0.4, 0.5) is 10.8 Å². The summed E-state index contributed by atoms with van der Waals surface area (Å²) in [6.07, 6.45) is 0. The fourth-order valence-corrected chi connectivity index (χ4v) is 6.06. The van der Waals surface area contributed by atoms with E-state index >= 15 is 0 Å². The van der Waals surface area contributed by atoms with Crippen LogP contribution in [0.2, 0.25) is 0 Å². The second kappa shape index (κ2) is 10.8. The molecule has 0 aliphatic carbocycles. The summed E-state index contributed by atoms with van der Waals surface area (Å²) in [5, 5.41) is 6.41. The molecule has 2 aromatic carbocycles. The van der Waals surface area contributed by atoms with Gasteiger partial charge in [-0.2, -0.15) is 0 Å². The van der Waals surface area contributed by atoms with E-state index in [4.69, 9.17) is 14.2 Å². The van der Waals surface area contributed by atoms with Gasteiger partial charge in [0.15, 0.2) is 0 Å². The Morgan fingerprint density at radius 2 is 1.88 bits per heavy atom. The number of benzene rings is 2. The molecule has 212 valence electrons. The van der Waals surface area contributed by atoms with Gasteiger partial charge in [-0.05, 0) is 31.2 Å². The zero-order chi connectivity index (χ0) is 28.7. The Labute approximate surface area is 239 Å². The predicted octanol–water partition coefficient (Wildman–Crippen LogP) is 2.60. The first kappa shape index (κ1) is 26.7. The van der Waals surface area contributed by atoms with E-state index in [0.29, 0.717) is 54.3 Å². The van der Waals surface area contributed by atoms with Gasteiger partial charge in [0.05, 0.1) is 67.7 Å². The molecule has 1 saturated heterocycles. The van der Waals surface area contributed by atoms with Crippen molar-refractivity contribution in [3.63, 3.8) is 0 Å². The van der Waals surface area contributed by atoms with Gasteiger partial charge < -0.3 is 24.5 Å². The van der Waals surface area contributed by atoms with E-state index in [1.165, 1.54) is 41.3 Å². The molecule has 2 N–H and O–H groups in total. The molecule has 2 aliphatic heterocycles. The molecule has 13 heteroatoms. The first-order valence-electron chi connectivity index (χ1n) is 13.0. The van der Waals surface area contributed by atoms with Crippen molar-refractivity contribution in [3.8, 4) is 11.5 Å². The van der Waals surface area contributed by atoms with Crippen LogP contribution >= 0.6 is 11.3 Å². The highest BCUT2D eigenvalue weighted by molar-refractivity contribution is 7.22. The van der Waals surface area contributed by atoms with Crippen molar-refractivity contribution in [1.82, 2.24) is 15.1 Å². The van der Waals surface area contributed by atoms with E-state index < -0.39 is 17.9 Å². The Bertz CT molecular complexity index is 1680. The number of ether oxygens (including phenoxy) is 3. The molecular weight excluding hydrogens is 548 g/mol. The van der Waals surface area contributed by atoms with Crippen LogP contribution in [-0.4, -0.2) is 62.0 Å². The van der Waals surface area contributed by atoms with Crippen LogP contribution in [0.3, 0.4) is 0 Å². The third-order valence-corrected chi connectivity index (χ3v) is 8.14. The number of hydrogen-bond donors (Lipinski definition) is 2. The molecule has 0 radical (unpaired) electrons. The first-order chi connectivity index (χ1) is 19.9. The van der Waals surface area contributed by atoms with E-state index in [0.717, 1.165) is 10.2 Å². The number of nitrogens with one attached hydrogen (secondary N) is 2. The second-order valence-electron chi connectivity index (χ2n) is 9.50. The maximum absolute atomic E-state index is 14.1. The summed E-state index contributed by atoms with van der Waals surface area (Å²) in [5.74, 6) is 0.0560. The number of methoxy groups -OCH3 is 2. The van der Waals surface area contributed by atoms with Crippen LogP contribution in [0, 0.1) is 6.92 Å². The van der Waals surface area contributed by atoms with Gasteiger partial charge in [-0.1, -0.05) is 23.5 Å². The van der Waals surface area contributed by atoms with E-state index in [1.54, 1.807) is 25.1 Å². The number of thiazole rings is 1. The number of morpholine rings is 1. The summed E-state index contributed by atoms with van der Waals surface area (Å²) in [7, 11) is 3.03. The normalized spacial score (nSPS) is 17.0. The van der Waals surface area contributed by atoms with Crippen LogP contribution in [0.1, 0.15) is 27.7 Å². The lowest BCUT2D eigenvalue weighted by Crippen LogP contribution is -2.56. The number of aromatic nitrogens is 2. The molecule has 1 atom stereocenters. The summed E-state index contributed by atoms with van der Waals surface area (Å²) in [4.78, 5) is 46.0. The van der Waals surface area contributed by atoms with Crippen molar-refractivity contribution in [2.24, 2.45) is 0 Å². The van der Waals surface area contributed by atoms with Crippen LogP contribution in [0.25, 0.3) is 10.2 Å². The van der Waals surface area contributed by atoms with Crippen molar-refractivity contribution in [3.05, 3.63) is 75.7 Å². The zero-order valence-electron chi connectivity index (χ0n) is 22.7. The Morgan fingerprint density at radius 3 is 2.61 bits per heavy atom. The number of anilines is 2. The van der Waals surface area contributed by atoms with Gasteiger partial charge in [0.1, 0.15) is 17.5 Å². The van der Waals surface area contributed by atoms with E-state index in [9.17, 15) is 14.4 Å². The molecule has 2 aromatic heterocycles. The van der Waals surface area contributed by atoms with Crippen molar-refractivity contribution in [1.29, 1.82) is 0 Å². The number of carbonyl (C=O) groups excluding carboxylic acids is 2. The molecule has 0 saturated carbocycles. The van der Waals surface area contributed by atoms with Crippen molar-refractivity contribution in [2.45, 2.75) is 13.0 Å². The number of fused-ring (bicyclic) bond motifs is 2. The van der Waals surface area contributed by atoms with Gasteiger partial charge in [0.25, 0.3) is 11.5 Å². The number of rotatable bonds is 6. The molecule has 6 rings (SSSR count). The number of amides is 2. The van der Waals surface area contributed by atoms with Gasteiger partial charge in [-0.15, -0.1) is 0 Å². The monoisotopic (exact) mass is 576 g/mol. The second-order valence-corrected chi connectivity index (χ2v) is 10.5. The standard InChI is InChI=1S/C28H28N6O6S/c1-16-24-18(15-23(35)34(16)32-10-12-40-13-11-32)25(26(36)29-19-9-8-17(38-2)14-21(19)39-3)31-33(27(24)37)28-30-20-6-4-5-7-22(20)41-28/h4-9,14-15,25,31H,10-13H2,1-3H3,(H,29,36)/t25-/m0/s1. The van der Waals surface area contributed by atoms with Gasteiger partial charge in [0, 0.05) is 17.7 Å². The largest absolute Gasteiger partial charge is 0.497 e. The summed E-state index contributed by atoms with van der Waals surface area (Å²) >= 11 is 1.32. The van der Waals surface area contributed by atoms with Crippen LogP contribution in [0.5, 0.6) is 11.5 Å². The van der Waals surface area contributed by atoms with Crippen molar-refractivity contribution >= 4 is 44.2 Å². The number of carbonyl (C=O) groups is 2. The fourth-order valence-electron chi connectivity index (χ4n) is 5.13. The average molecular weight is 577 g/mol. The Balaban J connectivity index is 1.46. The molecule has 0 unspecified atom stereocenters. The summed E-state index contributed by atoms with van der Waals surface area (Å²) in [6, 6.07) is 12.8. The lowest BCUT2D eigenvalue weighted by atomic mass is 9.96. The molecule has 1 fully saturated rings. The minimum Gasteiger partial charge on any atom is -0.497 e. The molecular formula is C28H28N6O6S. The van der Waals surface area contributed by atoms with Crippen LogP contribution in [0.15, 0.2) is 53.3 Å². The number of hydrogen-bond acceptors (Lipinski definition) is 10. The van der Waals surface area contributed by atoms with Crippen LogP contribution < -0.4 is 35.8 Å². The zero-order valence-corrected chi connectivity index (χ0v) is 23.5. The highest BCUT2D eigenvalue weighted by Crippen LogP contribution is 2.35. The van der Waals surface area contributed by atoms with Gasteiger partial charge in [-0.25, -0.2) is 20.1 Å². The third-order valence-electron chi connectivity index (χ3n) is 7.12. The molecule has 12 nitrogen and oxygen atoms in total. The fraction of sp³-hybridized carbons (Fsp3) is 0.286. The summed E-state index contributed by atoms with van der Waals surface area (Å²) in [5.41, 5.74) is 4.81. The maximum Gasteiger partial charge on any atom is 0.276 e. The van der Waals surface area contributed by atoms with E-state index in [1.807, 2.05) is 29.3 Å². The van der Waals surface area contributed by atoms with Crippen molar-refractivity contribution < 1.29 is 23.8 Å². The lowest BCUT2D eigenvalue weighted by Gasteiger charge is -2.37. The topological polar surface area (TPSA) is 127 Å². The number of para-hydroxylation sites is 1. The van der Waals surface area contributed by atoms with E-state index in [-0.39, 0.29) is 16.7 Å². The molecule has 41 heavy (non-hydrogen) atoms. The highest BCUT2D eigenvalue weighted by atomic mass is 32.1. The van der Waals surface area contributed by atoms with E-state index in [2.05, 4.69) is 15.7 Å². The number of nitrogens with zero attached hydrogens (tertiary/aromatic N) is 4. The Hall–Kier alpha value is -4.46. The Morgan fingerprint density at radius 1 is 1.10 bits per heavy atom. The quantitative estimate of drug-likeness (QED) is 0.356.